The summed E-state index contributed by atoms with van der Waals surface area (Å²) in [5.41, 5.74) is 4.80. The third-order valence-corrected chi connectivity index (χ3v) is 5.17. The molecule has 0 saturated carbocycles. The van der Waals surface area contributed by atoms with E-state index in [0.717, 1.165) is 32.0 Å². The van der Waals surface area contributed by atoms with Crippen molar-refractivity contribution in [3.63, 3.8) is 0 Å². The van der Waals surface area contributed by atoms with E-state index in [0.29, 0.717) is 11.0 Å². The summed E-state index contributed by atoms with van der Waals surface area (Å²) < 4.78 is 5.42. The zero-order chi connectivity index (χ0) is 19.2. The number of ether oxygens (including phenoxy) is 1. The molecule has 0 amide bonds. The number of anilines is 2. The average molecular weight is 384 g/mol. The van der Waals surface area contributed by atoms with Gasteiger partial charge in [0.25, 0.3) is 0 Å². The lowest BCUT2D eigenvalue weighted by atomic mass is 10.0. The van der Waals surface area contributed by atoms with E-state index in [1.165, 1.54) is 16.8 Å². The van der Waals surface area contributed by atoms with Crippen LogP contribution in [-0.4, -0.2) is 31.4 Å². The van der Waals surface area contributed by atoms with Gasteiger partial charge in [0.15, 0.2) is 5.11 Å². The van der Waals surface area contributed by atoms with Crippen molar-refractivity contribution in [2.24, 2.45) is 0 Å². The highest BCUT2D eigenvalue weighted by atomic mass is 32.1. The SMILES string of the molecule is CC(C)c1ccc(NC(=S)NC(C)c2ccc(N3CCOCC3)cc2)cc1. The highest BCUT2D eigenvalue weighted by Gasteiger charge is 2.12. The maximum atomic E-state index is 5.48. The Hall–Kier alpha value is -2.11. The van der Waals surface area contributed by atoms with E-state index in [2.05, 4.69) is 84.8 Å². The number of nitrogens with one attached hydrogen (secondary N) is 2. The molecule has 2 aromatic carbocycles. The van der Waals surface area contributed by atoms with Crippen LogP contribution in [0, 0.1) is 0 Å². The summed E-state index contributed by atoms with van der Waals surface area (Å²) >= 11 is 5.48. The van der Waals surface area contributed by atoms with Gasteiger partial charge in [-0.05, 0) is 60.5 Å². The van der Waals surface area contributed by atoms with Crippen molar-refractivity contribution in [2.45, 2.75) is 32.7 Å². The zero-order valence-electron chi connectivity index (χ0n) is 16.4. The normalized spacial score (nSPS) is 15.5. The summed E-state index contributed by atoms with van der Waals surface area (Å²) in [5, 5.41) is 7.27. The van der Waals surface area contributed by atoms with Crippen molar-refractivity contribution >= 4 is 28.7 Å². The lowest BCUT2D eigenvalue weighted by Gasteiger charge is -2.29. The van der Waals surface area contributed by atoms with Crippen LogP contribution < -0.4 is 15.5 Å². The van der Waals surface area contributed by atoms with Crippen LogP contribution in [0.3, 0.4) is 0 Å². The van der Waals surface area contributed by atoms with E-state index in [4.69, 9.17) is 17.0 Å². The number of hydrogen-bond acceptors (Lipinski definition) is 3. The monoisotopic (exact) mass is 383 g/mol. The van der Waals surface area contributed by atoms with Gasteiger partial charge in [-0.1, -0.05) is 38.1 Å². The molecule has 1 saturated heterocycles. The molecule has 1 aliphatic heterocycles. The number of rotatable bonds is 5. The minimum atomic E-state index is 0.138. The Kier molecular flexibility index (Phi) is 6.69. The number of morpholine rings is 1. The fourth-order valence-corrected chi connectivity index (χ4v) is 3.49. The molecule has 0 bridgehead atoms. The van der Waals surface area contributed by atoms with Gasteiger partial charge < -0.3 is 20.3 Å². The van der Waals surface area contributed by atoms with Crippen LogP contribution in [0.2, 0.25) is 0 Å². The first kappa shape index (κ1) is 19.6. The van der Waals surface area contributed by atoms with Gasteiger partial charge >= 0.3 is 0 Å². The molecule has 4 nitrogen and oxygen atoms in total. The fourth-order valence-electron chi connectivity index (χ4n) is 3.19. The number of benzene rings is 2. The van der Waals surface area contributed by atoms with E-state index in [1.807, 2.05) is 0 Å². The van der Waals surface area contributed by atoms with Crippen LogP contribution in [0.15, 0.2) is 48.5 Å². The molecule has 3 rings (SSSR count). The molecule has 1 atom stereocenters. The van der Waals surface area contributed by atoms with Gasteiger partial charge in [0.1, 0.15) is 0 Å². The smallest absolute Gasteiger partial charge is 0.171 e. The minimum Gasteiger partial charge on any atom is -0.378 e. The zero-order valence-corrected chi connectivity index (χ0v) is 17.2. The predicted molar refractivity (Wildman–Crippen MR) is 118 cm³/mol. The van der Waals surface area contributed by atoms with E-state index in [1.54, 1.807) is 0 Å². The molecule has 1 aliphatic rings. The molecule has 1 fully saturated rings. The highest BCUT2D eigenvalue weighted by molar-refractivity contribution is 7.80. The quantitative estimate of drug-likeness (QED) is 0.732. The first-order valence-corrected chi connectivity index (χ1v) is 10.0. The van der Waals surface area contributed by atoms with Gasteiger partial charge in [0.2, 0.25) is 0 Å². The summed E-state index contributed by atoms with van der Waals surface area (Å²) in [7, 11) is 0. The summed E-state index contributed by atoms with van der Waals surface area (Å²) in [6.07, 6.45) is 0. The molecule has 1 unspecified atom stereocenters. The Labute approximate surface area is 167 Å². The Balaban J connectivity index is 1.54. The van der Waals surface area contributed by atoms with Crippen molar-refractivity contribution in [3.8, 4) is 0 Å². The van der Waals surface area contributed by atoms with Crippen molar-refractivity contribution < 1.29 is 4.74 Å². The molecular formula is C22H29N3OS. The first-order valence-electron chi connectivity index (χ1n) is 9.63. The maximum Gasteiger partial charge on any atom is 0.171 e. The molecule has 144 valence electrons. The average Bonchev–Trinajstić information content (AvgIpc) is 2.69. The van der Waals surface area contributed by atoms with E-state index in [9.17, 15) is 0 Å². The maximum absolute atomic E-state index is 5.48. The molecule has 0 aliphatic carbocycles. The van der Waals surface area contributed by atoms with Gasteiger partial charge in [-0.3, -0.25) is 0 Å². The van der Waals surface area contributed by atoms with Crippen molar-refractivity contribution in [3.05, 3.63) is 59.7 Å². The lowest BCUT2D eigenvalue weighted by Crippen LogP contribution is -2.36. The fraction of sp³-hybridized carbons (Fsp3) is 0.409. The topological polar surface area (TPSA) is 36.5 Å². The van der Waals surface area contributed by atoms with Crippen LogP contribution in [0.5, 0.6) is 0 Å². The van der Waals surface area contributed by atoms with Gasteiger partial charge in [0.05, 0.1) is 19.3 Å². The largest absolute Gasteiger partial charge is 0.378 e. The molecule has 27 heavy (non-hydrogen) atoms. The standard InChI is InChI=1S/C22H29N3OS/c1-16(2)18-4-8-20(9-5-18)24-22(27)23-17(3)19-6-10-21(11-7-19)25-12-14-26-15-13-25/h4-11,16-17H,12-15H2,1-3H3,(H2,23,24,27). The molecule has 0 radical (unpaired) electrons. The Morgan fingerprint density at radius 2 is 1.52 bits per heavy atom. The van der Waals surface area contributed by atoms with Crippen molar-refractivity contribution in [1.29, 1.82) is 0 Å². The van der Waals surface area contributed by atoms with Crippen LogP contribution in [0.1, 0.15) is 43.9 Å². The second-order valence-electron chi connectivity index (χ2n) is 7.29. The van der Waals surface area contributed by atoms with Crippen LogP contribution >= 0.6 is 12.2 Å². The Morgan fingerprint density at radius 3 is 2.11 bits per heavy atom. The van der Waals surface area contributed by atoms with Crippen LogP contribution in [0.25, 0.3) is 0 Å². The second kappa shape index (κ2) is 9.20. The van der Waals surface area contributed by atoms with Crippen molar-refractivity contribution in [2.75, 3.05) is 36.5 Å². The third-order valence-electron chi connectivity index (χ3n) is 4.95. The van der Waals surface area contributed by atoms with E-state index < -0.39 is 0 Å². The lowest BCUT2D eigenvalue weighted by molar-refractivity contribution is 0.122. The molecule has 0 spiro atoms. The second-order valence-corrected chi connectivity index (χ2v) is 7.70. The Bertz CT molecular complexity index is 737. The van der Waals surface area contributed by atoms with Crippen LogP contribution in [-0.2, 0) is 4.74 Å². The third kappa shape index (κ3) is 5.44. The number of nitrogens with zero attached hydrogens (tertiary/aromatic N) is 1. The predicted octanol–water partition coefficient (Wildman–Crippen LogP) is 4.69. The molecule has 2 N–H and O–H groups in total. The highest BCUT2D eigenvalue weighted by Crippen LogP contribution is 2.21. The van der Waals surface area contributed by atoms with Gasteiger partial charge in [-0.15, -0.1) is 0 Å². The summed E-state index contributed by atoms with van der Waals surface area (Å²) in [5.74, 6) is 0.532. The molecule has 1 heterocycles. The van der Waals surface area contributed by atoms with Gasteiger partial charge in [0, 0.05) is 24.5 Å². The molecule has 0 aromatic heterocycles. The summed E-state index contributed by atoms with van der Waals surface area (Å²) in [4.78, 5) is 2.36. The molecule has 5 heteroatoms. The number of thiocarbonyl (C=S) groups is 1. The Morgan fingerprint density at radius 1 is 0.926 bits per heavy atom. The summed E-state index contributed by atoms with van der Waals surface area (Å²) in [6.45, 7) is 10.0. The minimum absolute atomic E-state index is 0.138. The number of hydrogen-bond donors (Lipinski definition) is 2. The van der Waals surface area contributed by atoms with E-state index in [-0.39, 0.29) is 6.04 Å². The molecule has 2 aromatic rings. The molecular weight excluding hydrogens is 354 g/mol. The van der Waals surface area contributed by atoms with E-state index >= 15 is 0 Å². The van der Waals surface area contributed by atoms with Gasteiger partial charge in [-0.2, -0.15) is 0 Å². The first-order chi connectivity index (χ1) is 13.0. The van der Waals surface area contributed by atoms with Gasteiger partial charge in [-0.25, -0.2) is 0 Å². The van der Waals surface area contributed by atoms with Crippen LogP contribution in [0.4, 0.5) is 11.4 Å². The van der Waals surface area contributed by atoms with Crippen molar-refractivity contribution in [1.82, 2.24) is 5.32 Å². The summed E-state index contributed by atoms with van der Waals surface area (Å²) in [6, 6.07) is 17.3.